The third-order valence-electron chi connectivity index (χ3n) is 4.21. The summed E-state index contributed by atoms with van der Waals surface area (Å²) in [7, 11) is 1.61. The molecule has 1 atom stereocenters. The van der Waals surface area contributed by atoms with Gasteiger partial charge in [0.1, 0.15) is 11.8 Å². The number of benzene rings is 1. The fourth-order valence-corrected chi connectivity index (χ4v) is 2.77. The van der Waals surface area contributed by atoms with Gasteiger partial charge in [0.15, 0.2) is 0 Å². The van der Waals surface area contributed by atoms with Crippen LogP contribution in [0.15, 0.2) is 28.8 Å². The Kier molecular flexibility index (Phi) is 5.10. The van der Waals surface area contributed by atoms with Gasteiger partial charge in [0.25, 0.3) is 0 Å². The van der Waals surface area contributed by atoms with Crippen molar-refractivity contribution in [3.05, 3.63) is 30.2 Å². The van der Waals surface area contributed by atoms with E-state index in [2.05, 4.69) is 20.8 Å². The van der Waals surface area contributed by atoms with Gasteiger partial charge in [-0.1, -0.05) is 17.3 Å². The van der Waals surface area contributed by atoms with E-state index in [4.69, 9.17) is 9.26 Å². The van der Waals surface area contributed by atoms with Crippen molar-refractivity contribution in [1.29, 1.82) is 0 Å². The van der Waals surface area contributed by atoms with Crippen LogP contribution >= 0.6 is 0 Å². The van der Waals surface area contributed by atoms with Crippen molar-refractivity contribution in [3.63, 3.8) is 0 Å². The molecular formula is C17H22N4O3. The molecule has 2 heterocycles. The molecule has 1 aromatic heterocycles. The highest BCUT2D eigenvalue weighted by Crippen LogP contribution is 2.23. The number of piperidine rings is 1. The summed E-state index contributed by atoms with van der Waals surface area (Å²) in [6, 6.07) is 7.13. The molecule has 1 amide bonds. The van der Waals surface area contributed by atoms with Crippen molar-refractivity contribution in [1.82, 2.24) is 20.8 Å². The lowest BCUT2D eigenvalue weighted by Crippen LogP contribution is -2.39. The van der Waals surface area contributed by atoms with Crippen molar-refractivity contribution in [2.45, 2.75) is 25.8 Å². The Morgan fingerprint density at radius 2 is 2.21 bits per heavy atom. The highest BCUT2D eigenvalue weighted by Gasteiger charge is 2.24. The molecule has 128 valence electrons. The van der Waals surface area contributed by atoms with E-state index in [-0.39, 0.29) is 17.9 Å². The second-order valence-corrected chi connectivity index (χ2v) is 5.94. The first-order valence-corrected chi connectivity index (χ1v) is 8.16. The minimum absolute atomic E-state index is 0.0464. The molecule has 0 radical (unpaired) electrons. The zero-order valence-corrected chi connectivity index (χ0v) is 13.9. The molecule has 1 fully saturated rings. The summed E-state index contributed by atoms with van der Waals surface area (Å²) < 4.78 is 10.5. The van der Waals surface area contributed by atoms with Crippen LogP contribution in [0, 0.1) is 5.92 Å². The van der Waals surface area contributed by atoms with E-state index >= 15 is 0 Å². The number of rotatable bonds is 5. The van der Waals surface area contributed by atoms with Crippen molar-refractivity contribution in [2.75, 3.05) is 20.2 Å². The molecule has 7 nitrogen and oxygen atoms in total. The van der Waals surface area contributed by atoms with Crippen LogP contribution in [-0.4, -0.2) is 36.2 Å². The van der Waals surface area contributed by atoms with Gasteiger partial charge >= 0.3 is 0 Å². The lowest BCUT2D eigenvalue weighted by molar-refractivity contribution is -0.126. The number of hydrogen-bond donors (Lipinski definition) is 2. The standard InChI is InChI=1S/C17H22N4O3/c1-11(19-16(22)12-6-8-18-9-7-12)17-20-15(21-24-17)13-4-3-5-14(10-13)23-2/h3-5,10-12,18H,6-9H2,1-2H3,(H,19,22). The fraction of sp³-hybridized carbons (Fsp3) is 0.471. The van der Waals surface area contributed by atoms with Crippen LogP contribution in [0.25, 0.3) is 11.4 Å². The maximum absolute atomic E-state index is 12.3. The zero-order chi connectivity index (χ0) is 16.9. The first-order chi connectivity index (χ1) is 11.7. The molecule has 3 rings (SSSR count). The summed E-state index contributed by atoms with van der Waals surface area (Å²) in [4.78, 5) is 16.7. The average molecular weight is 330 g/mol. The molecular weight excluding hydrogens is 308 g/mol. The van der Waals surface area contributed by atoms with Gasteiger partial charge in [-0.25, -0.2) is 0 Å². The summed E-state index contributed by atoms with van der Waals surface area (Å²) in [5.74, 6) is 1.70. The Hall–Kier alpha value is -2.41. The quantitative estimate of drug-likeness (QED) is 0.871. The molecule has 1 unspecified atom stereocenters. The third-order valence-corrected chi connectivity index (χ3v) is 4.21. The van der Waals surface area contributed by atoms with Crippen LogP contribution in [0.4, 0.5) is 0 Å². The molecule has 1 aliphatic rings. The summed E-state index contributed by atoms with van der Waals surface area (Å²) in [5.41, 5.74) is 0.807. The first kappa shape index (κ1) is 16.4. The predicted octanol–water partition coefficient (Wildman–Crippen LogP) is 1.92. The monoisotopic (exact) mass is 330 g/mol. The number of ether oxygens (including phenoxy) is 1. The number of amides is 1. The molecule has 2 aromatic rings. The topological polar surface area (TPSA) is 89.3 Å². The summed E-state index contributed by atoms with van der Waals surface area (Å²) in [6.45, 7) is 3.61. The van der Waals surface area contributed by atoms with E-state index in [1.165, 1.54) is 0 Å². The lowest BCUT2D eigenvalue weighted by atomic mass is 9.97. The molecule has 2 N–H and O–H groups in total. The van der Waals surface area contributed by atoms with Crippen molar-refractivity contribution in [2.24, 2.45) is 5.92 Å². The Morgan fingerprint density at radius 3 is 2.96 bits per heavy atom. The molecule has 7 heteroatoms. The van der Waals surface area contributed by atoms with Crippen LogP contribution in [0.1, 0.15) is 31.7 Å². The normalized spacial score (nSPS) is 16.6. The van der Waals surface area contributed by atoms with Crippen molar-refractivity contribution >= 4 is 5.91 Å². The highest BCUT2D eigenvalue weighted by atomic mass is 16.5. The number of aromatic nitrogens is 2. The van der Waals surface area contributed by atoms with Gasteiger partial charge in [-0.05, 0) is 45.0 Å². The van der Waals surface area contributed by atoms with Gasteiger partial charge < -0.3 is 19.9 Å². The summed E-state index contributed by atoms with van der Waals surface area (Å²) in [5, 5.41) is 10.2. The molecule has 0 spiro atoms. The smallest absolute Gasteiger partial charge is 0.249 e. The lowest BCUT2D eigenvalue weighted by Gasteiger charge is -2.22. The number of nitrogens with one attached hydrogen (secondary N) is 2. The minimum Gasteiger partial charge on any atom is -0.497 e. The first-order valence-electron chi connectivity index (χ1n) is 8.16. The number of hydrogen-bond acceptors (Lipinski definition) is 6. The van der Waals surface area contributed by atoms with E-state index in [0.717, 1.165) is 37.2 Å². The Morgan fingerprint density at radius 1 is 1.42 bits per heavy atom. The van der Waals surface area contributed by atoms with Gasteiger partial charge in [0, 0.05) is 11.5 Å². The van der Waals surface area contributed by atoms with Crippen LogP contribution in [0.2, 0.25) is 0 Å². The number of carbonyl (C=O) groups is 1. The second-order valence-electron chi connectivity index (χ2n) is 5.94. The maximum atomic E-state index is 12.3. The van der Waals surface area contributed by atoms with E-state index in [9.17, 15) is 4.79 Å². The van der Waals surface area contributed by atoms with Crippen molar-refractivity contribution < 1.29 is 14.1 Å². The van der Waals surface area contributed by atoms with Crippen molar-refractivity contribution in [3.8, 4) is 17.1 Å². The Bertz CT molecular complexity index is 695. The number of methoxy groups -OCH3 is 1. The second kappa shape index (κ2) is 7.44. The SMILES string of the molecule is COc1cccc(-c2noc(C(C)NC(=O)C3CCNCC3)n2)c1. The van der Waals surface area contributed by atoms with Gasteiger partial charge in [-0.15, -0.1) is 0 Å². The van der Waals surface area contributed by atoms with Crippen LogP contribution < -0.4 is 15.4 Å². The highest BCUT2D eigenvalue weighted by molar-refractivity contribution is 5.79. The van der Waals surface area contributed by atoms with Crippen LogP contribution in [0.3, 0.4) is 0 Å². The van der Waals surface area contributed by atoms with E-state index in [1.54, 1.807) is 7.11 Å². The molecule has 1 saturated heterocycles. The molecule has 0 saturated carbocycles. The Balaban J connectivity index is 1.66. The van der Waals surface area contributed by atoms with Gasteiger partial charge in [-0.3, -0.25) is 4.79 Å². The Labute approximate surface area is 140 Å². The maximum Gasteiger partial charge on any atom is 0.249 e. The van der Waals surface area contributed by atoms with Gasteiger partial charge in [0.2, 0.25) is 17.6 Å². The zero-order valence-electron chi connectivity index (χ0n) is 13.9. The minimum atomic E-state index is -0.320. The van der Waals surface area contributed by atoms with Gasteiger partial charge in [-0.2, -0.15) is 4.98 Å². The molecule has 1 aromatic carbocycles. The molecule has 0 aliphatic carbocycles. The molecule has 0 bridgehead atoms. The summed E-state index contributed by atoms with van der Waals surface area (Å²) in [6.07, 6.45) is 1.72. The molecule has 24 heavy (non-hydrogen) atoms. The van der Waals surface area contributed by atoms with Crippen LogP contribution in [-0.2, 0) is 4.79 Å². The average Bonchev–Trinajstić information content (AvgIpc) is 3.13. The predicted molar refractivity (Wildman–Crippen MR) is 88.4 cm³/mol. The van der Waals surface area contributed by atoms with E-state index in [1.807, 2.05) is 31.2 Å². The third kappa shape index (κ3) is 3.73. The van der Waals surface area contributed by atoms with E-state index in [0.29, 0.717) is 11.7 Å². The van der Waals surface area contributed by atoms with Gasteiger partial charge in [0.05, 0.1) is 7.11 Å². The number of nitrogens with zero attached hydrogens (tertiary/aromatic N) is 2. The largest absolute Gasteiger partial charge is 0.497 e. The summed E-state index contributed by atoms with van der Waals surface area (Å²) >= 11 is 0. The van der Waals surface area contributed by atoms with E-state index < -0.39 is 0 Å². The number of carbonyl (C=O) groups excluding carboxylic acids is 1. The van der Waals surface area contributed by atoms with Crippen LogP contribution in [0.5, 0.6) is 5.75 Å². The molecule has 1 aliphatic heterocycles. The fourth-order valence-electron chi connectivity index (χ4n) is 2.77.